The molecular weight excluding hydrogens is 396 g/mol. The minimum Gasteiger partial charge on any atom is -0.481 e. The fourth-order valence-electron chi connectivity index (χ4n) is 4.92. The number of rotatable bonds is 9. The second-order valence-electron chi connectivity index (χ2n) is 10.1. The summed E-state index contributed by atoms with van der Waals surface area (Å²) in [7, 11) is 0. The summed E-state index contributed by atoms with van der Waals surface area (Å²) >= 11 is 0. The van der Waals surface area contributed by atoms with Gasteiger partial charge in [0.05, 0.1) is 17.6 Å². The minimum atomic E-state index is -1.43. The number of allylic oxidation sites excluding steroid dienone is 2. The summed E-state index contributed by atoms with van der Waals surface area (Å²) in [5.41, 5.74) is -1.24. The standard InChI is InChI=1S/C25H40O6/c1-7-18(26)14-20(27)21(22(28)29)25(31-23(30)24(5,6)8-2)16(4)10-11-17-13-15(3)9-12-19(17)25/h10-11,13,15-16,18-21,26-27H,7-9,12,14H2,1-6H3,(H,28,29)/t15-,16?,18-,19-,20-,21-,25+/m1/s1. The summed E-state index contributed by atoms with van der Waals surface area (Å²) < 4.78 is 6.26. The molecule has 0 fully saturated rings. The summed E-state index contributed by atoms with van der Waals surface area (Å²) in [6.07, 6.45) is 6.25. The Hall–Kier alpha value is -1.66. The first-order valence-electron chi connectivity index (χ1n) is 11.6. The van der Waals surface area contributed by atoms with E-state index >= 15 is 0 Å². The van der Waals surface area contributed by atoms with Crippen LogP contribution in [0.25, 0.3) is 0 Å². The SMILES string of the molecule is CC[C@@H](O)C[C@@H](O)[C@H](C(=O)O)[C@]1(OC(=O)C(C)(C)CC)C(C)C=CC2=C[C@H](C)CC[C@H]21. The Morgan fingerprint density at radius 1 is 1.23 bits per heavy atom. The molecule has 0 aromatic rings. The molecule has 0 aromatic carbocycles. The van der Waals surface area contributed by atoms with Crippen molar-refractivity contribution < 1.29 is 29.6 Å². The zero-order chi connectivity index (χ0) is 23.6. The van der Waals surface area contributed by atoms with Crippen LogP contribution in [0.1, 0.15) is 73.6 Å². The minimum absolute atomic E-state index is 0.0808. The molecule has 0 heterocycles. The smallest absolute Gasteiger partial charge is 0.313 e. The van der Waals surface area contributed by atoms with Gasteiger partial charge in [0.25, 0.3) is 0 Å². The van der Waals surface area contributed by atoms with E-state index in [1.54, 1.807) is 20.8 Å². The number of ether oxygens (including phenoxy) is 1. The van der Waals surface area contributed by atoms with Crippen LogP contribution in [0.3, 0.4) is 0 Å². The van der Waals surface area contributed by atoms with Gasteiger partial charge in [0, 0.05) is 18.3 Å². The van der Waals surface area contributed by atoms with E-state index in [1.807, 2.05) is 26.0 Å². The molecule has 6 heteroatoms. The van der Waals surface area contributed by atoms with Crippen molar-refractivity contribution in [2.24, 2.45) is 29.1 Å². The maximum absolute atomic E-state index is 13.3. The van der Waals surface area contributed by atoms with E-state index in [0.717, 1.165) is 12.0 Å². The van der Waals surface area contributed by atoms with Crippen molar-refractivity contribution in [3.05, 3.63) is 23.8 Å². The quantitative estimate of drug-likeness (QED) is 0.470. The molecule has 0 spiro atoms. The first kappa shape index (κ1) is 25.6. The number of carboxylic acid groups (broad SMARTS) is 1. The molecule has 0 radical (unpaired) electrons. The third-order valence-electron chi connectivity index (χ3n) is 7.45. The van der Waals surface area contributed by atoms with E-state index in [0.29, 0.717) is 25.2 Å². The number of aliphatic carboxylic acids is 1. The highest BCUT2D eigenvalue weighted by Crippen LogP contribution is 2.52. The van der Waals surface area contributed by atoms with E-state index in [9.17, 15) is 24.9 Å². The van der Waals surface area contributed by atoms with Crippen molar-refractivity contribution in [1.82, 2.24) is 0 Å². The Bertz CT molecular complexity index is 724. The maximum Gasteiger partial charge on any atom is 0.313 e. The number of hydrogen-bond acceptors (Lipinski definition) is 5. The number of carboxylic acids is 1. The van der Waals surface area contributed by atoms with Crippen LogP contribution in [0.2, 0.25) is 0 Å². The number of hydrogen-bond donors (Lipinski definition) is 3. The van der Waals surface area contributed by atoms with Crippen LogP contribution in [-0.2, 0) is 14.3 Å². The fourth-order valence-corrected chi connectivity index (χ4v) is 4.92. The van der Waals surface area contributed by atoms with Gasteiger partial charge in [0.2, 0.25) is 0 Å². The van der Waals surface area contributed by atoms with Gasteiger partial charge in [-0.1, -0.05) is 45.9 Å². The van der Waals surface area contributed by atoms with Crippen molar-refractivity contribution in [3.63, 3.8) is 0 Å². The van der Waals surface area contributed by atoms with Gasteiger partial charge in [0.15, 0.2) is 0 Å². The molecule has 31 heavy (non-hydrogen) atoms. The normalized spacial score (nSPS) is 31.2. The molecule has 7 atom stereocenters. The second kappa shape index (κ2) is 9.86. The number of aliphatic hydroxyl groups excluding tert-OH is 2. The zero-order valence-corrected chi connectivity index (χ0v) is 19.8. The molecule has 3 N–H and O–H groups in total. The van der Waals surface area contributed by atoms with E-state index < -0.39 is 47.0 Å². The van der Waals surface area contributed by atoms with Crippen molar-refractivity contribution in [2.45, 2.75) is 91.5 Å². The first-order chi connectivity index (χ1) is 14.4. The van der Waals surface area contributed by atoms with E-state index in [2.05, 4.69) is 13.0 Å². The fraction of sp³-hybridized carbons (Fsp3) is 0.760. The number of aliphatic hydroxyl groups is 2. The number of esters is 1. The highest BCUT2D eigenvalue weighted by Gasteiger charge is 2.60. The molecule has 6 nitrogen and oxygen atoms in total. The van der Waals surface area contributed by atoms with Gasteiger partial charge in [0.1, 0.15) is 11.5 Å². The summed E-state index contributed by atoms with van der Waals surface area (Å²) in [5.74, 6) is -3.40. The highest BCUT2D eigenvalue weighted by atomic mass is 16.6. The molecule has 0 bridgehead atoms. The molecule has 2 aliphatic rings. The Morgan fingerprint density at radius 2 is 1.87 bits per heavy atom. The highest BCUT2D eigenvalue weighted by molar-refractivity contribution is 5.79. The van der Waals surface area contributed by atoms with E-state index in [1.165, 1.54) is 0 Å². The van der Waals surface area contributed by atoms with Gasteiger partial charge in [-0.25, -0.2) is 0 Å². The van der Waals surface area contributed by atoms with Crippen LogP contribution in [0, 0.1) is 29.1 Å². The zero-order valence-electron chi connectivity index (χ0n) is 19.8. The van der Waals surface area contributed by atoms with Gasteiger partial charge in [-0.2, -0.15) is 0 Å². The first-order valence-corrected chi connectivity index (χ1v) is 11.6. The van der Waals surface area contributed by atoms with Gasteiger partial charge >= 0.3 is 11.9 Å². The lowest BCUT2D eigenvalue weighted by atomic mass is 9.58. The predicted octanol–water partition coefficient (Wildman–Crippen LogP) is 4.11. The van der Waals surface area contributed by atoms with Crippen LogP contribution in [0.4, 0.5) is 0 Å². The van der Waals surface area contributed by atoms with Crippen molar-refractivity contribution in [3.8, 4) is 0 Å². The van der Waals surface area contributed by atoms with Crippen molar-refractivity contribution in [1.29, 1.82) is 0 Å². The third kappa shape index (κ3) is 5.06. The predicted molar refractivity (Wildman–Crippen MR) is 119 cm³/mol. The molecule has 0 amide bonds. The summed E-state index contributed by atoms with van der Waals surface area (Å²) in [6, 6.07) is 0. The molecule has 0 aromatic heterocycles. The lowest BCUT2D eigenvalue weighted by molar-refractivity contribution is -0.208. The largest absolute Gasteiger partial charge is 0.481 e. The Labute approximate surface area is 186 Å². The molecule has 176 valence electrons. The number of carbonyl (C=O) groups is 2. The third-order valence-corrected chi connectivity index (χ3v) is 7.45. The van der Waals surface area contributed by atoms with E-state index in [-0.39, 0.29) is 12.3 Å². The van der Waals surface area contributed by atoms with Crippen LogP contribution < -0.4 is 0 Å². The summed E-state index contributed by atoms with van der Waals surface area (Å²) in [5, 5.41) is 31.5. The second-order valence-corrected chi connectivity index (χ2v) is 10.1. The lowest BCUT2D eigenvalue weighted by Crippen LogP contribution is -2.62. The molecule has 1 unspecified atom stereocenters. The van der Waals surface area contributed by atoms with Gasteiger partial charge in [-0.15, -0.1) is 0 Å². The van der Waals surface area contributed by atoms with Gasteiger partial charge in [-0.3, -0.25) is 9.59 Å². The molecule has 0 aliphatic heterocycles. The van der Waals surface area contributed by atoms with E-state index in [4.69, 9.17) is 4.74 Å². The van der Waals surface area contributed by atoms with Crippen molar-refractivity contribution in [2.75, 3.05) is 0 Å². The molecule has 0 saturated carbocycles. The number of carbonyl (C=O) groups excluding carboxylic acids is 1. The molecular formula is C25H40O6. The summed E-state index contributed by atoms with van der Waals surface area (Å²) in [4.78, 5) is 25.9. The van der Waals surface area contributed by atoms with Crippen LogP contribution in [0.5, 0.6) is 0 Å². The molecule has 2 rings (SSSR count). The van der Waals surface area contributed by atoms with Crippen molar-refractivity contribution >= 4 is 11.9 Å². The Balaban J connectivity index is 2.66. The Morgan fingerprint density at radius 3 is 2.42 bits per heavy atom. The van der Waals surface area contributed by atoms with Crippen LogP contribution >= 0.6 is 0 Å². The van der Waals surface area contributed by atoms with Crippen LogP contribution in [-0.4, -0.2) is 45.1 Å². The molecule has 2 aliphatic carbocycles. The van der Waals surface area contributed by atoms with Crippen LogP contribution in [0.15, 0.2) is 23.8 Å². The topological polar surface area (TPSA) is 104 Å². The summed E-state index contributed by atoms with van der Waals surface area (Å²) in [6.45, 7) is 11.2. The monoisotopic (exact) mass is 436 g/mol. The lowest BCUT2D eigenvalue weighted by Gasteiger charge is -2.52. The average molecular weight is 437 g/mol. The Kier molecular flexibility index (Phi) is 8.15. The maximum atomic E-state index is 13.3. The average Bonchev–Trinajstić information content (AvgIpc) is 2.70. The molecule has 0 saturated heterocycles. The number of fused-ring (bicyclic) bond motifs is 1. The van der Waals surface area contributed by atoms with Gasteiger partial charge < -0.3 is 20.1 Å². The van der Waals surface area contributed by atoms with Gasteiger partial charge in [-0.05, 0) is 51.0 Å².